The van der Waals surface area contributed by atoms with Gasteiger partial charge in [0.15, 0.2) is 0 Å². The monoisotopic (exact) mass is 405 g/mol. The molecule has 0 bridgehead atoms. The molecule has 3 rings (SSSR count). The van der Waals surface area contributed by atoms with E-state index in [4.69, 9.17) is 0 Å². The number of sulfonamides is 1. The first-order valence-corrected chi connectivity index (χ1v) is 10.8. The van der Waals surface area contributed by atoms with Crippen molar-refractivity contribution in [3.8, 4) is 0 Å². The van der Waals surface area contributed by atoms with Crippen molar-refractivity contribution in [1.29, 1.82) is 0 Å². The van der Waals surface area contributed by atoms with Crippen LogP contribution in [0.3, 0.4) is 0 Å². The number of rotatable bonds is 7. The summed E-state index contributed by atoms with van der Waals surface area (Å²) in [7, 11) is -3.67. The summed E-state index contributed by atoms with van der Waals surface area (Å²) < 4.78 is 40.0. The van der Waals surface area contributed by atoms with Gasteiger partial charge in [0.05, 0.1) is 4.90 Å². The van der Waals surface area contributed by atoms with Crippen LogP contribution in [0.4, 0.5) is 4.39 Å². The van der Waals surface area contributed by atoms with Gasteiger partial charge in [0.1, 0.15) is 5.82 Å². The summed E-state index contributed by atoms with van der Waals surface area (Å²) in [5.74, 6) is -0.258. The van der Waals surface area contributed by atoms with Crippen molar-refractivity contribution in [3.05, 3.63) is 60.2 Å². The molecule has 0 saturated carbocycles. The average molecular weight is 405 g/mol. The van der Waals surface area contributed by atoms with Gasteiger partial charge in [0.2, 0.25) is 15.9 Å². The maximum absolute atomic E-state index is 13.4. The maximum atomic E-state index is 13.4. The minimum Gasteiger partial charge on any atom is -0.352 e. The molecule has 2 aromatic rings. The third-order valence-corrected chi connectivity index (χ3v) is 6.92. The SMILES string of the molecule is O=C(CCC1CCN(S(=O)(=O)c2cccc(F)c2)CC1)NCc1ccncc1. The number of nitrogens with zero attached hydrogens (tertiary/aromatic N) is 2. The van der Waals surface area contributed by atoms with Gasteiger partial charge in [-0.1, -0.05) is 6.07 Å². The summed E-state index contributed by atoms with van der Waals surface area (Å²) >= 11 is 0. The highest BCUT2D eigenvalue weighted by Gasteiger charge is 2.29. The molecule has 1 aromatic heterocycles. The summed E-state index contributed by atoms with van der Waals surface area (Å²) in [6, 6.07) is 8.81. The Bertz CT molecular complexity index is 898. The average Bonchev–Trinajstić information content (AvgIpc) is 2.72. The molecule has 1 aromatic carbocycles. The molecule has 150 valence electrons. The third kappa shape index (κ3) is 5.36. The number of carbonyl (C=O) groups is 1. The van der Waals surface area contributed by atoms with Gasteiger partial charge >= 0.3 is 0 Å². The molecule has 1 fully saturated rings. The largest absolute Gasteiger partial charge is 0.352 e. The zero-order valence-corrected chi connectivity index (χ0v) is 16.4. The quantitative estimate of drug-likeness (QED) is 0.768. The van der Waals surface area contributed by atoms with Gasteiger partial charge in [-0.05, 0) is 61.1 Å². The summed E-state index contributed by atoms with van der Waals surface area (Å²) in [4.78, 5) is 16.0. The molecule has 1 amide bonds. The standard InChI is InChI=1S/C20H24FN3O3S/c21-18-2-1-3-19(14-18)28(26,27)24-12-8-16(9-13-24)4-5-20(25)23-15-17-6-10-22-11-7-17/h1-3,6-7,10-11,14,16H,4-5,8-9,12-13,15H2,(H,23,25). The first kappa shape index (κ1) is 20.4. The first-order valence-electron chi connectivity index (χ1n) is 9.36. The molecular formula is C20H24FN3O3S. The number of amides is 1. The van der Waals surface area contributed by atoms with Crippen molar-refractivity contribution in [1.82, 2.24) is 14.6 Å². The van der Waals surface area contributed by atoms with Gasteiger partial charge in [0, 0.05) is 38.4 Å². The molecule has 1 N–H and O–H groups in total. The second-order valence-corrected chi connectivity index (χ2v) is 8.91. The van der Waals surface area contributed by atoms with Gasteiger partial charge in [-0.15, -0.1) is 0 Å². The van der Waals surface area contributed by atoms with Crippen LogP contribution in [0.5, 0.6) is 0 Å². The lowest BCUT2D eigenvalue weighted by Gasteiger charge is -2.31. The molecule has 8 heteroatoms. The smallest absolute Gasteiger partial charge is 0.243 e. The molecule has 28 heavy (non-hydrogen) atoms. The summed E-state index contributed by atoms with van der Waals surface area (Å²) in [5, 5.41) is 2.89. The second kappa shape index (κ2) is 9.25. The van der Waals surface area contributed by atoms with Gasteiger partial charge < -0.3 is 5.32 Å². The van der Waals surface area contributed by atoms with E-state index >= 15 is 0 Å². The zero-order valence-electron chi connectivity index (χ0n) is 15.6. The highest BCUT2D eigenvalue weighted by Crippen LogP contribution is 2.26. The fraction of sp³-hybridized carbons (Fsp3) is 0.400. The van der Waals surface area contributed by atoms with Crippen molar-refractivity contribution in [2.24, 2.45) is 5.92 Å². The molecule has 0 aliphatic carbocycles. The van der Waals surface area contributed by atoms with Crippen LogP contribution in [-0.4, -0.2) is 36.7 Å². The Labute approximate surface area is 164 Å². The number of hydrogen-bond acceptors (Lipinski definition) is 4. The van der Waals surface area contributed by atoms with E-state index in [9.17, 15) is 17.6 Å². The predicted octanol–water partition coefficient (Wildman–Crippen LogP) is 2.72. The lowest BCUT2D eigenvalue weighted by atomic mass is 9.93. The molecule has 0 atom stereocenters. The lowest BCUT2D eigenvalue weighted by molar-refractivity contribution is -0.121. The number of carbonyl (C=O) groups excluding carboxylic acids is 1. The number of benzene rings is 1. The van der Waals surface area contributed by atoms with Crippen molar-refractivity contribution < 1.29 is 17.6 Å². The van der Waals surface area contributed by atoms with Crippen molar-refractivity contribution in [2.75, 3.05) is 13.1 Å². The van der Waals surface area contributed by atoms with Crippen LogP contribution in [0, 0.1) is 11.7 Å². The van der Waals surface area contributed by atoms with E-state index in [0.717, 1.165) is 18.1 Å². The highest BCUT2D eigenvalue weighted by atomic mass is 32.2. The van der Waals surface area contributed by atoms with Gasteiger partial charge in [0.25, 0.3) is 0 Å². The van der Waals surface area contributed by atoms with Crippen LogP contribution in [0.2, 0.25) is 0 Å². The van der Waals surface area contributed by atoms with E-state index in [1.807, 2.05) is 12.1 Å². The molecule has 0 radical (unpaired) electrons. The van der Waals surface area contributed by atoms with E-state index in [1.165, 1.54) is 22.5 Å². The summed E-state index contributed by atoms with van der Waals surface area (Å²) in [6.07, 6.45) is 5.93. The molecule has 0 spiro atoms. The topological polar surface area (TPSA) is 79.4 Å². The Kier molecular flexibility index (Phi) is 6.74. The Balaban J connectivity index is 1.43. The van der Waals surface area contributed by atoms with Crippen LogP contribution in [0.15, 0.2) is 53.7 Å². The summed E-state index contributed by atoms with van der Waals surface area (Å²) in [6.45, 7) is 1.26. The van der Waals surface area contributed by atoms with E-state index in [2.05, 4.69) is 10.3 Å². The van der Waals surface area contributed by atoms with Crippen LogP contribution >= 0.6 is 0 Å². The Morgan fingerprint density at radius 3 is 2.57 bits per heavy atom. The molecule has 1 aliphatic rings. The van der Waals surface area contributed by atoms with Crippen molar-refractivity contribution in [2.45, 2.75) is 37.1 Å². The minimum absolute atomic E-state index is 0.00776. The highest BCUT2D eigenvalue weighted by molar-refractivity contribution is 7.89. The lowest BCUT2D eigenvalue weighted by Crippen LogP contribution is -2.38. The molecule has 6 nitrogen and oxygen atoms in total. The van der Waals surface area contributed by atoms with Crippen LogP contribution < -0.4 is 5.32 Å². The minimum atomic E-state index is -3.67. The van der Waals surface area contributed by atoms with E-state index in [1.54, 1.807) is 12.4 Å². The van der Waals surface area contributed by atoms with Gasteiger partial charge in [-0.3, -0.25) is 9.78 Å². The molecule has 2 heterocycles. The Hall–Kier alpha value is -2.32. The van der Waals surface area contributed by atoms with Crippen molar-refractivity contribution in [3.63, 3.8) is 0 Å². The number of piperidine rings is 1. The second-order valence-electron chi connectivity index (χ2n) is 6.98. The Morgan fingerprint density at radius 1 is 1.18 bits per heavy atom. The molecule has 1 saturated heterocycles. The van der Waals surface area contributed by atoms with Gasteiger partial charge in [-0.2, -0.15) is 4.31 Å². The van der Waals surface area contributed by atoms with Gasteiger partial charge in [-0.25, -0.2) is 12.8 Å². The number of hydrogen-bond donors (Lipinski definition) is 1. The number of halogens is 1. The summed E-state index contributed by atoms with van der Waals surface area (Å²) in [5.41, 5.74) is 0.999. The number of pyridine rings is 1. The fourth-order valence-electron chi connectivity index (χ4n) is 3.34. The first-order chi connectivity index (χ1) is 13.4. The third-order valence-electron chi connectivity index (χ3n) is 5.03. The van der Waals surface area contributed by atoms with Crippen LogP contribution in [0.25, 0.3) is 0 Å². The van der Waals surface area contributed by atoms with E-state index in [-0.39, 0.29) is 10.8 Å². The molecule has 0 unspecified atom stereocenters. The molecular weight excluding hydrogens is 381 g/mol. The normalized spacial score (nSPS) is 16.0. The Morgan fingerprint density at radius 2 is 1.89 bits per heavy atom. The van der Waals surface area contributed by atoms with Crippen LogP contribution in [-0.2, 0) is 21.4 Å². The number of aromatic nitrogens is 1. The fourth-order valence-corrected chi connectivity index (χ4v) is 4.84. The van der Waals surface area contributed by atoms with Crippen molar-refractivity contribution >= 4 is 15.9 Å². The predicted molar refractivity (Wildman–Crippen MR) is 103 cm³/mol. The zero-order chi connectivity index (χ0) is 20.0. The number of nitrogens with one attached hydrogen (secondary N) is 1. The van der Waals surface area contributed by atoms with E-state index in [0.29, 0.717) is 44.8 Å². The van der Waals surface area contributed by atoms with Crippen LogP contribution in [0.1, 0.15) is 31.2 Å². The molecule has 1 aliphatic heterocycles. The maximum Gasteiger partial charge on any atom is 0.243 e. The van der Waals surface area contributed by atoms with E-state index < -0.39 is 15.8 Å².